The van der Waals surface area contributed by atoms with Crippen LogP contribution in [0.5, 0.6) is 17.2 Å². The van der Waals surface area contributed by atoms with E-state index in [0.717, 1.165) is 0 Å². The summed E-state index contributed by atoms with van der Waals surface area (Å²) in [6.07, 6.45) is 1.45. The molecular formula is C23H24N4O6. The van der Waals surface area contributed by atoms with Crippen LogP contribution in [0.2, 0.25) is 0 Å². The van der Waals surface area contributed by atoms with Crippen LogP contribution in [-0.4, -0.2) is 69.6 Å². The van der Waals surface area contributed by atoms with Crippen LogP contribution in [-0.2, 0) is 14.3 Å². The van der Waals surface area contributed by atoms with E-state index >= 15 is 0 Å². The van der Waals surface area contributed by atoms with E-state index in [1.807, 2.05) is 6.07 Å². The number of amides is 2. The predicted octanol–water partition coefficient (Wildman–Crippen LogP) is 1.33. The molecule has 1 aliphatic rings. The van der Waals surface area contributed by atoms with Crippen LogP contribution in [0.4, 0.5) is 0 Å². The second-order valence-electron chi connectivity index (χ2n) is 6.91. The Morgan fingerprint density at radius 1 is 1.12 bits per heavy atom. The zero-order valence-corrected chi connectivity index (χ0v) is 18.2. The first kappa shape index (κ1) is 23.6. The predicted molar refractivity (Wildman–Crippen MR) is 118 cm³/mol. The molecule has 1 fully saturated rings. The average molecular weight is 452 g/mol. The lowest BCUT2D eigenvalue weighted by molar-refractivity contribution is -0.137. The first-order valence-electron chi connectivity index (χ1n) is 10.2. The van der Waals surface area contributed by atoms with Crippen molar-refractivity contribution in [3.8, 4) is 23.3 Å². The van der Waals surface area contributed by atoms with Crippen molar-refractivity contribution in [2.24, 2.45) is 5.10 Å². The molecule has 1 heterocycles. The second kappa shape index (κ2) is 12.1. The lowest BCUT2D eigenvalue weighted by Gasteiger charge is -2.26. The Balaban J connectivity index is 1.47. The molecule has 10 nitrogen and oxygen atoms in total. The maximum absolute atomic E-state index is 12.2. The van der Waals surface area contributed by atoms with E-state index in [0.29, 0.717) is 54.7 Å². The van der Waals surface area contributed by atoms with E-state index in [4.69, 9.17) is 24.2 Å². The van der Waals surface area contributed by atoms with Crippen molar-refractivity contribution in [3.05, 3.63) is 53.6 Å². The van der Waals surface area contributed by atoms with Crippen molar-refractivity contribution < 1.29 is 28.5 Å². The van der Waals surface area contributed by atoms with E-state index in [-0.39, 0.29) is 19.1 Å². The third kappa shape index (κ3) is 7.22. The molecule has 2 aromatic carbocycles. The Morgan fingerprint density at radius 3 is 2.58 bits per heavy atom. The molecule has 0 spiro atoms. The van der Waals surface area contributed by atoms with E-state index in [9.17, 15) is 9.59 Å². The third-order valence-electron chi connectivity index (χ3n) is 4.66. The van der Waals surface area contributed by atoms with Gasteiger partial charge >= 0.3 is 0 Å². The maximum atomic E-state index is 12.2. The molecule has 0 atom stereocenters. The number of ether oxygens (including phenoxy) is 4. The van der Waals surface area contributed by atoms with Gasteiger partial charge in [-0.2, -0.15) is 10.4 Å². The monoisotopic (exact) mass is 452 g/mol. The molecule has 2 aromatic rings. The smallest absolute Gasteiger partial charge is 0.277 e. The normalized spacial score (nSPS) is 13.3. The summed E-state index contributed by atoms with van der Waals surface area (Å²) in [6.45, 7) is 1.84. The minimum atomic E-state index is -0.441. The molecule has 3 rings (SSSR count). The molecule has 0 aliphatic carbocycles. The van der Waals surface area contributed by atoms with Crippen LogP contribution < -0.4 is 19.6 Å². The van der Waals surface area contributed by atoms with Crippen LogP contribution >= 0.6 is 0 Å². The Bertz CT molecular complexity index is 1030. The fourth-order valence-corrected chi connectivity index (χ4v) is 2.91. The summed E-state index contributed by atoms with van der Waals surface area (Å²) in [5, 5.41) is 12.7. The van der Waals surface area contributed by atoms with Gasteiger partial charge in [-0.15, -0.1) is 0 Å². The molecule has 0 unspecified atom stereocenters. The quantitative estimate of drug-likeness (QED) is 0.450. The highest BCUT2D eigenvalue weighted by Crippen LogP contribution is 2.27. The Morgan fingerprint density at radius 2 is 1.88 bits per heavy atom. The van der Waals surface area contributed by atoms with Gasteiger partial charge < -0.3 is 23.8 Å². The van der Waals surface area contributed by atoms with E-state index in [1.54, 1.807) is 47.4 Å². The first-order valence-corrected chi connectivity index (χ1v) is 10.2. The number of morpholine rings is 1. The van der Waals surface area contributed by atoms with Gasteiger partial charge in [0, 0.05) is 13.1 Å². The van der Waals surface area contributed by atoms with Gasteiger partial charge in [-0.05, 0) is 48.0 Å². The third-order valence-corrected chi connectivity index (χ3v) is 4.66. The minimum Gasteiger partial charge on any atom is -0.493 e. The lowest BCUT2D eigenvalue weighted by atomic mass is 10.2. The van der Waals surface area contributed by atoms with Crippen molar-refractivity contribution >= 4 is 18.0 Å². The fraction of sp³-hybridized carbons (Fsp3) is 0.304. The van der Waals surface area contributed by atoms with Crippen molar-refractivity contribution in [2.75, 3.05) is 46.6 Å². The fourth-order valence-electron chi connectivity index (χ4n) is 2.91. The van der Waals surface area contributed by atoms with Crippen molar-refractivity contribution in [1.29, 1.82) is 5.26 Å². The molecule has 0 aromatic heterocycles. The number of hydrogen-bond acceptors (Lipinski definition) is 8. The lowest BCUT2D eigenvalue weighted by Crippen LogP contribution is -2.43. The molecule has 10 heteroatoms. The number of rotatable bonds is 9. The number of carbonyl (C=O) groups excluding carboxylic acids is 2. The summed E-state index contributed by atoms with van der Waals surface area (Å²) in [5.41, 5.74) is 3.54. The molecule has 33 heavy (non-hydrogen) atoms. The molecule has 1 N–H and O–H groups in total. The number of hydrazone groups is 1. The topological polar surface area (TPSA) is 122 Å². The highest BCUT2D eigenvalue weighted by Gasteiger charge is 2.18. The van der Waals surface area contributed by atoms with Crippen LogP contribution in [0, 0.1) is 11.3 Å². The van der Waals surface area contributed by atoms with E-state index in [2.05, 4.69) is 10.5 Å². The molecule has 172 valence electrons. The molecule has 0 bridgehead atoms. The van der Waals surface area contributed by atoms with Gasteiger partial charge in [0.25, 0.3) is 11.8 Å². The van der Waals surface area contributed by atoms with Gasteiger partial charge in [-0.1, -0.05) is 0 Å². The zero-order chi connectivity index (χ0) is 23.5. The highest BCUT2D eigenvalue weighted by molar-refractivity contribution is 5.84. The summed E-state index contributed by atoms with van der Waals surface area (Å²) >= 11 is 0. The Hall–Kier alpha value is -4.10. The Labute approximate surface area is 191 Å². The molecular weight excluding hydrogens is 428 g/mol. The van der Waals surface area contributed by atoms with Gasteiger partial charge in [0.15, 0.2) is 24.7 Å². The first-order chi connectivity index (χ1) is 16.1. The number of carbonyl (C=O) groups is 2. The van der Waals surface area contributed by atoms with Crippen LogP contribution in [0.25, 0.3) is 0 Å². The van der Waals surface area contributed by atoms with Gasteiger partial charge in [0.05, 0.1) is 38.2 Å². The largest absolute Gasteiger partial charge is 0.493 e. The Kier molecular flexibility index (Phi) is 8.62. The van der Waals surface area contributed by atoms with Crippen LogP contribution in [0.1, 0.15) is 11.1 Å². The maximum Gasteiger partial charge on any atom is 0.277 e. The van der Waals surface area contributed by atoms with Gasteiger partial charge in [-0.3, -0.25) is 9.59 Å². The number of nitriles is 1. The van der Waals surface area contributed by atoms with Gasteiger partial charge in [0.2, 0.25) is 0 Å². The number of nitrogens with one attached hydrogen (secondary N) is 1. The van der Waals surface area contributed by atoms with Crippen LogP contribution in [0.3, 0.4) is 0 Å². The summed E-state index contributed by atoms with van der Waals surface area (Å²) in [5.74, 6) is 0.780. The second-order valence-corrected chi connectivity index (χ2v) is 6.91. The van der Waals surface area contributed by atoms with E-state index < -0.39 is 5.91 Å². The number of methoxy groups -OCH3 is 1. The molecule has 2 amide bonds. The van der Waals surface area contributed by atoms with Crippen molar-refractivity contribution in [3.63, 3.8) is 0 Å². The SMILES string of the molecule is COc1cc(/C=N/NC(=O)COc2ccc(C#N)cc2)ccc1OCC(=O)N1CCOCC1. The van der Waals surface area contributed by atoms with Crippen LogP contribution in [0.15, 0.2) is 47.6 Å². The molecule has 0 radical (unpaired) electrons. The number of nitrogens with zero attached hydrogens (tertiary/aromatic N) is 3. The molecule has 1 aliphatic heterocycles. The van der Waals surface area contributed by atoms with Gasteiger partial charge in [0.1, 0.15) is 5.75 Å². The van der Waals surface area contributed by atoms with Crippen molar-refractivity contribution in [1.82, 2.24) is 10.3 Å². The zero-order valence-electron chi connectivity index (χ0n) is 18.2. The summed E-state index contributed by atoms with van der Waals surface area (Å²) in [6, 6.07) is 13.5. The molecule has 0 saturated carbocycles. The van der Waals surface area contributed by atoms with Gasteiger partial charge in [-0.25, -0.2) is 5.43 Å². The standard InChI is InChI=1S/C23H24N4O6/c1-30-21-12-18(4-7-20(21)33-16-23(29)27-8-10-31-11-9-27)14-25-26-22(28)15-32-19-5-2-17(13-24)3-6-19/h2-7,12,14H,8-11,15-16H2,1H3,(H,26,28)/b25-14+. The minimum absolute atomic E-state index is 0.0981. The average Bonchev–Trinajstić information content (AvgIpc) is 2.87. The number of hydrogen-bond donors (Lipinski definition) is 1. The summed E-state index contributed by atoms with van der Waals surface area (Å²) in [4.78, 5) is 25.8. The van der Waals surface area contributed by atoms with Crippen molar-refractivity contribution in [2.45, 2.75) is 0 Å². The summed E-state index contributed by atoms with van der Waals surface area (Å²) < 4.78 is 21.5. The summed E-state index contributed by atoms with van der Waals surface area (Å²) in [7, 11) is 1.50. The highest BCUT2D eigenvalue weighted by atomic mass is 16.5. The number of benzene rings is 2. The van der Waals surface area contributed by atoms with E-state index in [1.165, 1.54) is 13.3 Å². The molecule has 1 saturated heterocycles.